The van der Waals surface area contributed by atoms with Crippen molar-refractivity contribution in [2.75, 3.05) is 27.9 Å². The third-order valence-corrected chi connectivity index (χ3v) is 5.09. The third kappa shape index (κ3) is 6.13. The average molecular weight is 520 g/mol. The van der Waals surface area contributed by atoms with Gasteiger partial charge in [0.25, 0.3) is 0 Å². The zero-order chi connectivity index (χ0) is 19.8. The molecular weight excluding hydrogens is 491 g/mol. The molecule has 0 saturated heterocycles. The van der Waals surface area contributed by atoms with Crippen LogP contribution in [0.2, 0.25) is 0 Å². The molecule has 28 heavy (non-hydrogen) atoms. The van der Waals surface area contributed by atoms with Crippen LogP contribution in [0.15, 0.2) is 17.1 Å². The first-order chi connectivity index (χ1) is 13.0. The minimum absolute atomic E-state index is 0. The van der Waals surface area contributed by atoms with E-state index in [9.17, 15) is 0 Å². The number of aryl methyl sites for hydroxylation is 2. The van der Waals surface area contributed by atoms with E-state index < -0.39 is 0 Å². The highest BCUT2D eigenvalue weighted by molar-refractivity contribution is 14.0. The highest BCUT2D eigenvalue weighted by Gasteiger charge is 2.15. The third-order valence-electron chi connectivity index (χ3n) is 4.02. The van der Waals surface area contributed by atoms with E-state index in [1.54, 1.807) is 32.7 Å². The number of halogens is 1. The number of methoxy groups -OCH3 is 3. The SMILES string of the molecule is CCNC(=NCc1ccc(OC)c(OC)c1OC)NCc1nc(C)c(C)s1.I. The summed E-state index contributed by atoms with van der Waals surface area (Å²) in [5.74, 6) is 2.54. The second-order valence-corrected chi connectivity index (χ2v) is 7.08. The number of rotatable bonds is 8. The second-order valence-electron chi connectivity index (χ2n) is 5.79. The van der Waals surface area contributed by atoms with Crippen LogP contribution in [0.1, 0.15) is 28.1 Å². The van der Waals surface area contributed by atoms with Crippen molar-refractivity contribution in [1.82, 2.24) is 15.6 Å². The highest BCUT2D eigenvalue weighted by atomic mass is 127. The van der Waals surface area contributed by atoms with E-state index in [2.05, 4.69) is 27.5 Å². The van der Waals surface area contributed by atoms with Crippen LogP contribution in [-0.2, 0) is 13.1 Å². The summed E-state index contributed by atoms with van der Waals surface area (Å²) in [6.45, 7) is 7.98. The Balaban J connectivity index is 0.00000392. The topological polar surface area (TPSA) is 77.0 Å². The van der Waals surface area contributed by atoms with Gasteiger partial charge in [0.15, 0.2) is 17.5 Å². The quantitative estimate of drug-likeness (QED) is 0.315. The molecule has 0 amide bonds. The molecule has 9 heteroatoms. The van der Waals surface area contributed by atoms with Crippen LogP contribution in [0.5, 0.6) is 17.2 Å². The minimum atomic E-state index is 0. The lowest BCUT2D eigenvalue weighted by molar-refractivity contribution is 0.322. The summed E-state index contributed by atoms with van der Waals surface area (Å²) in [5, 5.41) is 7.62. The summed E-state index contributed by atoms with van der Waals surface area (Å²) in [5.41, 5.74) is 1.99. The number of ether oxygens (including phenoxy) is 3. The minimum Gasteiger partial charge on any atom is -0.493 e. The summed E-state index contributed by atoms with van der Waals surface area (Å²) in [7, 11) is 4.81. The second kappa shape index (κ2) is 11.9. The molecule has 0 bridgehead atoms. The summed E-state index contributed by atoms with van der Waals surface area (Å²) < 4.78 is 16.3. The van der Waals surface area contributed by atoms with Gasteiger partial charge in [-0.3, -0.25) is 0 Å². The molecule has 1 heterocycles. The van der Waals surface area contributed by atoms with Crippen molar-refractivity contribution >= 4 is 41.3 Å². The fourth-order valence-electron chi connectivity index (χ4n) is 2.57. The summed E-state index contributed by atoms with van der Waals surface area (Å²) in [6, 6.07) is 3.79. The van der Waals surface area contributed by atoms with E-state index in [1.807, 2.05) is 26.0 Å². The number of benzene rings is 1. The van der Waals surface area contributed by atoms with E-state index in [-0.39, 0.29) is 24.0 Å². The van der Waals surface area contributed by atoms with Gasteiger partial charge in [0, 0.05) is 17.0 Å². The number of nitrogens with zero attached hydrogens (tertiary/aromatic N) is 2. The largest absolute Gasteiger partial charge is 0.493 e. The first-order valence-electron chi connectivity index (χ1n) is 8.76. The summed E-state index contributed by atoms with van der Waals surface area (Å²) >= 11 is 1.70. The van der Waals surface area contributed by atoms with Crippen molar-refractivity contribution < 1.29 is 14.2 Å². The van der Waals surface area contributed by atoms with Crippen molar-refractivity contribution in [3.63, 3.8) is 0 Å². The van der Waals surface area contributed by atoms with Gasteiger partial charge in [-0.25, -0.2) is 9.98 Å². The summed E-state index contributed by atoms with van der Waals surface area (Å²) in [6.07, 6.45) is 0. The van der Waals surface area contributed by atoms with Crippen LogP contribution in [0.3, 0.4) is 0 Å². The molecule has 7 nitrogen and oxygen atoms in total. The van der Waals surface area contributed by atoms with Crippen LogP contribution in [0, 0.1) is 13.8 Å². The fourth-order valence-corrected chi connectivity index (χ4v) is 3.44. The van der Waals surface area contributed by atoms with Crippen LogP contribution in [0.25, 0.3) is 0 Å². The molecule has 0 spiro atoms. The van der Waals surface area contributed by atoms with Crippen LogP contribution in [0.4, 0.5) is 0 Å². The van der Waals surface area contributed by atoms with Gasteiger partial charge < -0.3 is 24.8 Å². The van der Waals surface area contributed by atoms with E-state index in [4.69, 9.17) is 14.2 Å². The van der Waals surface area contributed by atoms with Gasteiger partial charge in [-0.1, -0.05) is 0 Å². The Bertz CT molecular complexity index is 776. The molecule has 156 valence electrons. The Kier molecular flexibility index (Phi) is 10.4. The van der Waals surface area contributed by atoms with Gasteiger partial charge >= 0.3 is 0 Å². The van der Waals surface area contributed by atoms with Gasteiger partial charge in [-0.2, -0.15) is 0 Å². The molecule has 1 aromatic carbocycles. The van der Waals surface area contributed by atoms with Crippen LogP contribution < -0.4 is 24.8 Å². The number of guanidine groups is 1. The number of aliphatic imine (C=N–C) groups is 1. The Labute approximate surface area is 187 Å². The van der Waals surface area contributed by atoms with Gasteiger partial charge in [0.2, 0.25) is 5.75 Å². The highest BCUT2D eigenvalue weighted by Crippen LogP contribution is 2.39. The smallest absolute Gasteiger partial charge is 0.203 e. The Morgan fingerprint density at radius 2 is 1.79 bits per heavy atom. The predicted octanol–water partition coefficient (Wildman–Crippen LogP) is 3.66. The molecule has 0 aliphatic rings. The van der Waals surface area contributed by atoms with E-state index in [0.717, 1.165) is 28.8 Å². The Morgan fingerprint density at radius 1 is 1.07 bits per heavy atom. The standard InChI is InChI=1S/C19H28N4O3S.HI/c1-7-20-19(22-11-16-23-12(2)13(3)27-16)21-10-14-8-9-15(24-4)18(26-6)17(14)25-5;/h8-9H,7,10-11H2,1-6H3,(H2,20,21,22);1H. The zero-order valence-electron chi connectivity index (χ0n) is 17.2. The van der Waals surface area contributed by atoms with Gasteiger partial charge in [-0.15, -0.1) is 35.3 Å². The van der Waals surface area contributed by atoms with Gasteiger partial charge in [-0.05, 0) is 32.9 Å². The van der Waals surface area contributed by atoms with E-state index >= 15 is 0 Å². The number of hydrogen-bond acceptors (Lipinski definition) is 6. The van der Waals surface area contributed by atoms with Crippen LogP contribution in [-0.4, -0.2) is 38.8 Å². The van der Waals surface area contributed by atoms with E-state index in [1.165, 1.54) is 4.88 Å². The number of hydrogen-bond donors (Lipinski definition) is 2. The molecule has 2 N–H and O–H groups in total. The molecule has 0 radical (unpaired) electrons. The zero-order valence-corrected chi connectivity index (χ0v) is 20.4. The van der Waals surface area contributed by atoms with Gasteiger partial charge in [0.1, 0.15) is 5.01 Å². The number of thiazole rings is 1. The molecule has 0 aliphatic carbocycles. The van der Waals surface area contributed by atoms with Crippen LogP contribution >= 0.6 is 35.3 Å². The monoisotopic (exact) mass is 520 g/mol. The maximum Gasteiger partial charge on any atom is 0.203 e. The lowest BCUT2D eigenvalue weighted by atomic mass is 10.1. The molecule has 0 fully saturated rings. The van der Waals surface area contributed by atoms with Crippen molar-refractivity contribution in [2.45, 2.75) is 33.9 Å². The van der Waals surface area contributed by atoms with Gasteiger partial charge in [0.05, 0.1) is 40.1 Å². The average Bonchev–Trinajstić information content (AvgIpc) is 3.00. The molecular formula is C19H29IN4O3S. The Morgan fingerprint density at radius 3 is 2.32 bits per heavy atom. The first-order valence-corrected chi connectivity index (χ1v) is 9.58. The maximum atomic E-state index is 5.52. The molecule has 2 aromatic rings. The molecule has 0 atom stereocenters. The first kappa shape index (κ1) is 24.3. The van der Waals surface area contributed by atoms with Crippen molar-refractivity contribution in [2.24, 2.45) is 4.99 Å². The van der Waals surface area contributed by atoms with Crippen molar-refractivity contribution in [3.05, 3.63) is 33.3 Å². The maximum absolute atomic E-state index is 5.52. The van der Waals surface area contributed by atoms with Crippen molar-refractivity contribution in [1.29, 1.82) is 0 Å². The molecule has 0 saturated carbocycles. The lowest BCUT2D eigenvalue weighted by Crippen LogP contribution is -2.36. The molecule has 1 aromatic heterocycles. The van der Waals surface area contributed by atoms with Crippen molar-refractivity contribution in [3.8, 4) is 17.2 Å². The Hall–Kier alpha value is -1.75. The summed E-state index contributed by atoms with van der Waals surface area (Å²) in [4.78, 5) is 10.5. The van der Waals surface area contributed by atoms with E-state index in [0.29, 0.717) is 30.3 Å². The molecule has 0 unspecified atom stereocenters. The number of aromatic nitrogens is 1. The predicted molar refractivity (Wildman–Crippen MR) is 125 cm³/mol. The fraction of sp³-hybridized carbons (Fsp3) is 0.474. The molecule has 2 rings (SSSR count). The number of nitrogens with one attached hydrogen (secondary N) is 2. The molecule has 0 aliphatic heterocycles. The lowest BCUT2D eigenvalue weighted by Gasteiger charge is -2.15. The normalized spacial score (nSPS) is 10.9.